The summed E-state index contributed by atoms with van der Waals surface area (Å²) in [7, 11) is -3.32. The molecule has 1 fully saturated rings. The minimum atomic E-state index is -3.32. The van der Waals surface area contributed by atoms with E-state index < -0.39 is 10.0 Å². The van der Waals surface area contributed by atoms with Gasteiger partial charge in [0.25, 0.3) is 0 Å². The number of halogens is 1. The number of carbonyl (C=O) groups is 1. The maximum Gasteiger partial charge on any atom is 0.315 e. The lowest BCUT2D eigenvalue weighted by molar-refractivity contribution is 0.241. The van der Waals surface area contributed by atoms with Crippen molar-refractivity contribution in [3.63, 3.8) is 0 Å². The van der Waals surface area contributed by atoms with Crippen molar-refractivity contribution in [2.45, 2.75) is 50.9 Å². The number of anilines is 3. The van der Waals surface area contributed by atoms with Crippen LogP contribution in [0.2, 0.25) is 5.02 Å². The molecule has 2 aromatic rings. The first-order valence-corrected chi connectivity index (χ1v) is 12.7. The van der Waals surface area contributed by atoms with E-state index in [9.17, 15) is 13.2 Å². The number of hydrogen-bond donors (Lipinski definition) is 5. The number of nitrogens with one attached hydrogen (secondary N) is 5. The fourth-order valence-electron chi connectivity index (χ4n) is 4.01. The molecule has 1 aromatic carbocycles. The summed E-state index contributed by atoms with van der Waals surface area (Å²) in [5, 5.41) is 12.4. The molecule has 0 radical (unpaired) electrons. The van der Waals surface area contributed by atoms with Crippen LogP contribution in [0.3, 0.4) is 0 Å². The highest BCUT2D eigenvalue weighted by molar-refractivity contribution is 7.88. The number of benzene rings is 1. The van der Waals surface area contributed by atoms with Crippen LogP contribution in [0.4, 0.5) is 22.2 Å². The van der Waals surface area contributed by atoms with Gasteiger partial charge in [-0.1, -0.05) is 30.5 Å². The summed E-state index contributed by atoms with van der Waals surface area (Å²) in [4.78, 5) is 20.3. The Kier molecular flexibility index (Phi) is 6.68. The molecule has 2 amide bonds. The first-order valence-electron chi connectivity index (χ1n) is 10.4. The molecule has 0 bridgehead atoms. The van der Waals surface area contributed by atoms with Crippen LogP contribution >= 0.6 is 11.6 Å². The molecule has 10 nitrogen and oxygen atoms in total. The summed E-state index contributed by atoms with van der Waals surface area (Å²) < 4.78 is 26.2. The molecule has 1 aromatic heterocycles. The van der Waals surface area contributed by atoms with E-state index in [0.29, 0.717) is 29.9 Å². The lowest BCUT2D eigenvalue weighted by Gasteiger charge is -2.32. The van der Waals surface area contributed by atoms with Gasteiger partial charge in [-0.3, -0.25) is 0 Å². The van der Waals surface area contributed by atoms with Gasteiger partial charge in [-0.2, -0.15) is 4.98 Å². The molecule has 172 valence electrons. The van der Waals surface area contributed by atoms with E-state index in [2.05, 4.69) is 36.0 Å². The molecule has 2 atom stereocenters. The lowest BCUT2D eigenvalue weighted by Crippen LogP contribution is -2.48. The van der Waals surface area contributed by atoms with Crippen LogP contribution < -0.4 is 26.0 Å². The van der Waals surface area contributed by atoms with Crippen LogP contribution in [0.25, 0.3) is 0 Å². The molecular weight excluding hydrogens is 454 g/mol. The Labute approximate surface area is 192 Å². The van der Waals surface area contributed by atoms with Gasteiger partial charge in [0.2, 0.25) is 16.0 Å². The van der Waals surface area contributed by atoms with Gasteiger partial charge in [-0.05, 0) is 36.1 Å². The number of rotatable bonds is 6. The average Bonchev–Trinajstić information content (AvgIpc) is 2.92. The summed E-state index contributed by atoms with van der Waals surface area (Å²) in [6.07, 6.45) is 6.19. The van der Waals surface area contributed by atoms with Crippen LogP contribution in [0, 0.1) is 0 Å². The van der Waals surface area contributed by atoms with E-state index in [1.165, 1.54) is 12.5 Å². The third-order valence-corrected chi connectivity index (χ3v) is 6.55. The number of amides is 2. The highest BCUT2D eigenvalue weighted by atomic mass is 35.5. The highest BCUT2D eigenvalue weighted by Gasteiger charge is 2.28. The molecule has 0 spiro atoms. The van der Waals surface area contributed by atoms with Crippen molar-refractivity contribution in [2.24, 2.45) is 0 Å². The zero-order chi connectivity index (χ0) is 22.7. The molecule has 0 saturated heterocycles. The topological polar surface area (TPSA) is 137 Å². The molecule has 12 heteroatoms. The van der Waals surface area contributed by atoms with Crippen LogP contribution in [-0.4, -0.2) is 42.8 Å². The third kappa shape index (κ3) is 5.78. The lowest BCUT2D eigenvalue weighted by atomic mass is 9.91. The van der Waals surface area contributed by atoms with Crippen LogP contribution in [-0.2, 0) is 23.1 Å². The van der Waals surface area contributed by atoms with Crippen LogP contribution in [0.1, 0.15) is 36.8 Å². The summed E-state index contributed by atoms with van der Waals surface area (Å²) in [6.45, 7) is 0.901. The minimum absolute atomic E-state index is 0.123. The maximum absolute atomic E-state index is 11.7. The zero-order valence-electron chi connectivity index (χ0n) is 17.6. The van der Waals surface area contributed by atoms with Gasteiger partial charge in [0.15, 0.2) is 5.82 Å². The first kappa shape index (κ1) is 22.6. The van der Waals surface area contributed by atoms with Crippen molar-refractivity contribution in [2.75, 3.05) is 16.9 Å². The van der Waals surface area contributed by atoms with Gasteiger partial charge >= 0.3 is 6.03 Å². The molecule has 1 aliphatic carbocycles. The molecular formula is C20H26ClN7O3S. The minimum Gasteiger partial charge on any atom is -0.364 e. The zero-order valence-corrected chi connectivity index (χ0v) is 19.2. The van der Waals surface area contributed by atoms with Crippen molar-refractivity contribution < 1.29 is 13.2 Å². The van der Waals surface area contributed by atoms with Crippen molar-refractivity contribution in [1.82, 2.24) is 25.3 Å². The Morgan fingerprint density at radius 1 is 1.09 bits per heavy atom. The maximum atomic E-state index is 11.7. The van der Waals surface area contributed by atoms with Gasteiger partial charge in [0.1, 0.15) is 5.02 Å². The number of urea groups is 1. The van der Waals surface area contributed by atoms with Crippen LogP contribution in [0.15, 0.2) is 24.4 Å². The Bertz CT molecular complexity index is 1110. The number of aromatic nitrogens is 2. The van der Waals surface area contributed by atoms with Crippen molar-refractivity contribution >= 4 is 45.1 Å². The standard InChI is InChI=1S/C20H26ClN7O3S/c1-32(30,31)28-17-5-3-2-4-16(17)26-18-15(21)11-22-19(27-18)25-14-7-6-12-9-23-20(29)24-10-13(12)8-14/h6-8,11,16-17,28H,2-5,9-10H2,1H3,(H2,23,24,29)(H2,22,25,26,27)/t16-,17-/m1/s1. The van der Waals surface area contributed by atoms with E-state index in [1.54, 1.807) is 0 Å². The SMILES string of the molecule is CS(=O)(=O)N[C@@H]1CCCC[C@H]1Nc1nc(Nc2ccc3c(c2)CNC(=O)NC3)ncc1Cl. The second kappa shape index (κ2) is 9.47. The van der Waals surface area contributed by atoms with Crippen molar-refractivity contribution in [3.05, 3.63) is 40.5 Å². The van der Waals surface area contributed by atoms with Crippen LogP contribution in [0.5, 0.6) is 0 Å². The Balaban J connectivity index is 1.50. The largest absolute Gasteiger partial charge is 0.364 e. The molecule has 2 heterocycles. The number of hydrogen-bond acceptors (Lipinski definition) is 7. The predicted octanol–water partition coefficient (Wildman–Crippen LogP) is 2.46. The van der Waals surface area contributed by atoms with Crippen molar-refractivity contribution in [3.8, 4) is 0 Å². The van der Waals surface area contributed by atoms with E-state index in [1.807, 2.05) is 18.2 Å². The number of sulfonamides is 1. The quantitative estimate of drug-likeness (QED) is 0.429. The molecule has 4 rings (SSSR count). The number of carbonyl (C=O) groups excluding carboxylic acids is 1. The predicted molar refractivity (Wildman–Crippen MR) is 123 cm³/mol. The summed E-state index contributed by atoms with van der Waals surface area (Å²) in [5.74, 6) is 0.804. The number of fused-ring (bicyclic) bond motifs is 1. The third-order valence-electron chi connectivity index (χ3n) is 5.54. The van der Waals surface area contributed by atoms with Gasteiger partial charge in [0.05, 0.1) is 12.5 Å². The van der Waals surface area contributed by atoms with Gasteiger partial charge in [-0.15, -0.1) is 0 Å². The second-order valence-corrected chi connectivity index (χ2v) is 10.3. The average molecular weight is 480 g/mol. The fourth-order valence-corrected chi connectivity index (χ4v) is 4.98. The van der Waals surface area contributed by atoms with Gasteiger partial charge < -0.3 is 21.3 Å². The Hall–Kier alpha value is -2.63. The van der Waals surface area contributed by atoms with E-state index in [0.717, 1.165) is 42.5 Å². The van der Waals surface area contributed by atoms with E-state index in [-0.39, 0.29) is 18.1 Å². The molecule has 5 N–H and O–H groups in total. The highest BCUT2D eigenvalue weighted by Crippen LogP contribution is 2.27. The normalized spacial score (nSPS) is 21.0. The molecule has 1 aliphatic heterocycles. The Morgan fingerprint density at radius 3 is 2.56 bits per heavy atom. The summed E-state index contributed by atoms with van der Waals surface area (Å²) in [6, 6.07) is 5.25. The van der Waals surface area contributed by atoms with Gasteiger partial charge in [-0.25, -0.2) is 22.9 Å². The summed E-state index contributed by atoms with van der Waals surface area (Å²) in [5.41, 5.74) is 2.81. The Morgan fingerprint density at radius 2 is 1.81 bits per heavy atom. The number of nitrogens with zero attached hydrogens (tertiary/aromatic N) is 2. The van der Waals surface area contributed by atoms with E-state index in [4.69, 9.17) is 11.6 Å². The molecule has 0 unspecified atom stereocenters. The smallest absolute Gasteiger partial charge is 0.315 e. The monoisotopic (exact) mass is 479 g/mol. The van der Waals surface area contributed by atoms with Crippen molar-refractivity contribution in [1.29, 1.82) is 0 Å². The second-order valence-electron chi connectivity index (χ2n) is 8.07. The molecule has 1 saturated carbocycles. The molecule has 32 heavy (non-hydrogen) atoms. The van der Waals surface area contributed by atoms with E-state index >= 15 is 0 Å². The van der Waals surface area contributed by atoms with Gasteiger partial charge in [0, 0.05) is 30.9 Å². The fraction of sp³-hybridized carbons (Fsp3) is 0.450. The molecule has 2 aliphatic rings. The summed E-state index contributed by atoms with van der Waals surface area (Å²) >= 11 is 6.32. The first-order chi connectivity index (χ1) is 15.3.